The van der Waals surface area contributed by atoms with Crippen LogP contribution in [0.1, 0.15) is 32.6 Å². The number of rotatable bonds is 6. The molecule has 20 heavy (non-hydrogen) atoms. The predicted molar refractivity (Wildman–Crippen MR) is 73.3 cm³/mol. The Morgan fingerprint density at radius 2 is 1.85 bits per heavy atom. The first-order valence-corrected chi connectivity index (χ1v) is 7.08. The van der Waals surface area contributed by atoms with Crippen molar-refractivity contribution >= 4 is 12.1 Å². The third kappa shape index (κ3) is 5.77. The summed E-state index contributed by atoms with van der Waals surface area (Å²) in [7, 11) is 3.06. The lowest BCUT2D eigenvalue weighted by atomic mass is 9.88. The van der Waals surface area contributed by atoms with Gasteiger partial charge in [0.05, 0.1) is 25.7 Å². The van der Waals surface area contributed by atoms with E-state index in [4.69, 9.17) is 9.47 Å². The summed E-state index contributed by atoms with van der Waals surface area (Å²) in [5.74, 6) is -0.307. The Hall–Kier alpha value is -1.30. The number of esters is 1. The molecular formula is C14H25NO5. The number of nitrogens with one attached hydrogen (secondary N) is 1. The lowest BCUT2D eigenvalue weighted by Crippen LogP contribution is -2.34. The van der Waals surface area contributed by atoms with Gasteiger partial charge >= 0.3 is 12.1 Å². The van der Waals surface area contributed by atoms with E-state index in [1.165, 1.54) is 7.11 Å². The molecule has 0 aromatic heterocycles. The first-order valence-electron chi connectivity index (χ1n) is 7.08. The number of carbonyl (C=O) groups is 2. The molecule has 1 rings (SSSR count). The molecule has 6 nitrogen and oxygen atoms in total. The molecule has 0 aliphatic heterocycles. The summed E-state index contributed by atoms with van der Waals surface area (Å²) < 4.78 is 15.0. The van der Waals surface area contributed by atoms with E-state index >= 15 is 0 Å². The Bertz CT molecular complexity index is 313. The molecule has 0 bridgehead atoms. The van der Waals surface area contributed by atoms with Gasteiger partial charge in [0.25, 0.3) is 0 Å². The minimum absolute atomic E-state index is 0.224. The molecule has 6 heteroatoms. The maximum atomic E-state index is 11.5. The normalized spacial score (nSPS) is 23.8. The van der Waals surface area contributed by atoms with Crippen molar-refractivity contribution in [3.8, 4) is 0 Å². The molecule has 1 N–H and O–H groups in total. The predicted octanol–water partition coefficient (Wildman–Crippen LogP) is 1.73. The fourth-order valence-electron chi connectivity index (χ4n) is 2.30. The molecule has 0 spiro atoms. The molecule has 116 valence electrons. The van der Waals surface area contributed by atoms with Crippen molar-refractivity contribution in [1.82, 2.24) is 5.32 Å². The Kier molecular flexibility index (Phi) is 7.36. The molecule has 0 aromatic rings. The van der Waals surface area contributed by atoms with Gasteiger partial charge in [-0.25, -0.2) is 4.79 Å². The second-order valence-electron chi connectivity index (χ2n) is 5.28. The van der Waals surface area contributed by atoms with Gasteiger partial charge in [-0.1, -0.05) is 6.92 Å². The Morgan fingerprint density at radius 1 is 1.20 bits per heavy atom. The molecule has 0 unspecified atom stereocenters. The van der Waals surface area contributed by atoms with Gasteiger partial charge in [0.1, 0.15) is 0 Å². The number of amides is 1. The van der Waals surface area contributed by atoms with Crippen LogP contribution >= 0.6 is 0 Å². The van der Waals surface area contributed by atoms with Gasteiger partial charge in [-0.05, 0) is 31.6 Å². The molecule has 1 fully saturated rings. The molecule has 1 atom stereocenters. The number of alkyl carbamates (subject to hydrolysis) is 1. The molecule has 1 amide bonds. The second-order valence-corrected chi connectivity index (χ2v) is 5.28. The highest BCUT2D eigenvalue weighted by Crippen LogP contribution is 2.25. The minimum atomic E-state index is -0.477. The fraction of sp³-hybridized carbons (Fsp3) is 0.857. The van der Waals surface area contributed by atoms with Gasteiger partial charge in [0.2, 0.25) is 0 Å². The maximum Gasteiger partial charge on any atom is 0.407 e. The van der Waals surface area contributed by atoms with Crippen LogP contribution in [0.15, 0.2) is 0 Å². The van der Waals surface area contributed by atoms with Crippen LogP contribution in [0.2, 0.25) is 0 Å². The van der Waals surface area contributed by atoms with E-state index in [0.29, 0.717) is 18.6 Å². The fourth-order valence-corrected chi connectivity index (χ4v) is 2.30. The Labute approximate surface area is 120 Å². The summed E-state index contributed by atoms with van der Waals surface area (Å²) in [6.45, 7) is 2.34. The number of hydrogen-bond donors (Lipinski definition) is 1. The van der Waals surface area contributed by atoms with Gasteiger partial charge in [0, 0.05) is 13.7 Å². The Morgan fingerprint density at radius 3 is 2.40 bits per heavy atom. The van der Waals surface area contributed by atoms with E-state index in [-0.39, 0.29) is 18.4 Å². The molecule has 0 radical (unpaired) electrons. The first kappa shape index (κ1) is 16.8. The van der Waals surface area contributed by atoms with Crippen molar-refractivity contribution in [3.63, 3.8) is 0 Å². The number of hydrogen-bond acceptors (Lipinski definition) is 5. The van der Waals surface area contributed by atoms with Crippen molar-refractivity contribution in [3.05, 3.63) is 0 Å². The monoisotopic (exact) mass is 287 g/mol. The summed E-state index contributed by atoms with van der Waals surface area (Å²) in [6.07, 6.45) is 3.95. The highest BCUT2D eigenvalue weighted by Gasteiger charge is 2.22. The Balaban J connectivity index is 2.13. The van der Waals surface area contributed by atoms with Gasteiger partial charge in [-0.15, -0.1) is 0 Å². The third-order valence-corrected chi connectivity index (χ3v) is 3.73. The lowest BCUT2D eigenvalue weighted by Gasteiger charge is -2.27. The van der Waals surface area contributed by atoms with Crippen LogP contribution in [-0.2, 0) is 19.0 Å². The summed E-state index contributed by atoms with van der Waals surface area (Å²) in [5, 5.41) is 2.57. The number of ether oxygens (including phenoxy) is 3. The third-order valence-electron chi connectivity index (χ3n) is 3.73. The van der Waals surface area contributed by atoms with E-state index in [2.05, 4.69) is 10.1 Å². The quantitative estimate of drug-likeness (QED) is 0.753. The summed E-state index contributed by atoms with van der Waals surface area (Å²) in [6, 6.07) is 0. The van der Waals surface area contributed by atoms with Crippen molar-refractivity contribution in [2.24, 2.45) is 11.8 Å². The standard InChI is InChI=1S/C14H25NO5/c1-10(13(16)19-3)8-15-14(17)20-9-11-4-6-12(18-2)7-5-11/h10-12H,4-9H2,1-3H3,(H,15,17)/t10-,11?,12?/m1/s1. The lowest BCUT2D eigenvalue weighted by molar-refractivity contribution is -0.144. The SMILES string of the molecule is COC(=O)[C@H](C)CNC(=O)OCC1CCC(OC)CC1. The van der Waals surface area contributed by atoms with Gasteiger partial charge < -0.3 is 19.5 Å². The van der Waals surface area contributed by atoms with Crippen LogP contribution in [0.3, 0.4) is 0 Å². The van der Waals surface area contributed by atoms with Crippen LogP contribution < -0.4 is 5.32 Å². The van der Waals surface area contributed by atoms with Crippen LogP contribution in [0.4, 0.5) is 4.79 Å². The summed E-state index contributed by atoms with van der Waals surface area (Å²) in [5.41, 5.74) is 0. The molecule has 0 heterocycles. The average Bonchev–Trinajstić information content (AvgIpc) is 2.50. The average molecular weight is 287 g/mol. The molecule has 0 aromatic carbocycles. The van der Waals surface area contributed by atoms with E-state index in [1.54, 1.807) is 14.0 Å². The smallest absolute Gasteiger partial charge is 0.407 e. The number of methoxy groups -OCH3 is 2. The van der Waals surface area contributed by atoms with Crippen molar-refractivity contribution in [1.29, 1.82) is 0 Å². The highest BCUT2D eigenvalue weighted by atomic mass is 16.5. The van der Waals surface area contributed by atoms with Crippen LogP contribution in [0, 0.1) is 11.8 Å². The van der Waals surface area contributed by atoms with Crippen molar-refractivity contribution in [2.45, 2.75) is 38.7 Å². The number of carbonyl (C=O) groups excluding carboxylic acids is 2. The topological polar surface area (TPSA) is 73.9 Å². The van der Waals surface area contributed by atoms with Crippen LogP contribution in [0.5, 0.6) is 0 Å². The van der Waals surface area contributed by atoms with E-state index in [9.17, 15) is 9.59 Å². The van der Waals surface area contributed by atoms with Crippen molar-refractivity contribution < 1.29 is 23.8 Å². The zero-order valence-corrected chi connectivity index (χ0v) is 12.5. The zero-order valence-electron chi connectivity index (χ0n) is 12.5. The molecule has 1 aliphatic rings. The van der Waals surface area contributed by atoms with E-state index in [0.717, 1.165) is 25.7 Å². The minimum Gasteiger partial charge on any atom is -0.469 e. The van der Waals surface area contributed by atoms with Crippen LogP contribution in [0.25, 0.3) is 0 Å². The first-order chi connectivity index (χ1) is 9.56. The van der Waals surface area contributed by atoms with Gasteiger partial charge in [-0.2, -0.15) is 0 Å². The highest BCUT2D eigenvalue weighted by molar-refractivity contribution is 5.73. The zero-order chi connectivity index (χ0) is 15.0. The van der Waals surface area contributed by atoms with Gasteiger partial charge in [0.15, 0.2) is 0 Å². The second kappa shape index (κ2) is 8.79. The van der Waals surface area contributed by atoms with E-state index in [1.807, 2.05) is 0 Å². The van der Waals surface area contributed by atoms with Crippen molar-refractivity contribution in [2.75, 3.05) is 27.4 Å². The molecule has 0 saturated heterocycles. The van der Waals surface area contributed by atoms with Crippen LogP contribution in [-0.4, -0.2) is 45.5 Å². The van der Waals surface area contributed by atoms with Gasteiger partial charge in [-0.3, -0.25) is 4.79 Å². The van der Waals surface area contributed by atoms with E-state index < -0.39 is 6.09 Å². The summed E-state index contributed by atoms with van der Waals surface area (Å²) >= 11 is 0. The largest absolute Gasteiger partial charge is 0.469 e. The maximum absolute atomic E-state index is 11.5. The molecule has 1 saturated carbocycles. The summed E-state index contributed by atoms with van der Waals surface area (Å²) in [4.78, 5) is 22.7. The molecule has 1 aliphatic carbocycles. The molecular weight excluding hydrogens is 262 g/mol.